The Balaban J connectivity index is 1.56. The number of rotatable bonds is 4. The van der Waals surface area contributed by atoms with Crippen LogP contribution >= 0.6 is 0 Å². The normalized spacial score (nSPS) is 22.2. The number of nitrogens with zero attached hydrogens (tertiary/aromatic N) is 2. The average molecular weight is 274 g/mol. The zero-order chi connectivity index (χ0) is 13.8. The van der Waals surface area contributed by atoms with Gasteiger partial charge < -0.3 is 15.5 Å². The van der Waals surface area contributed by atoms with E-state index in [9.17, 15) is 4.79 Å². The van der Waals surface area contributed by atoms with Crippen molar-refractivity contribution in [2.75, 3.05) is 31.1 Å². The SMILES string of the molecule is O=C(NCc1ccnc(N2CCCC2)c1)C1CCNC1. The van der Waals surface area contributed by atoms with Gasteiger partial charge in [0.25, 0.3) is 0 Å². The molecule has 108 valence electrons. The molecule has 0 aliphatic carbocycles. The highest BCUT2D eigenvalue weighted by atomic mass is 16.1. The molecule has 0 bridgehead atoms. The van der Waals surface area contributed by atoms with Crippen molar-refractivity contribution < 1.29 is 4.79 Å². The Hall–Kier alpha value is -1.62. The van der Waals surface area contributed by atoms with Crippen LogP contribution in [0.15, 0.2) is 18.3 Å². The maximum Gasteiger partial charge on any atom is 0.224 e. The molecular formula is C15H22N4O. The van der Waals surface area contributed by atoms with Gasteiger partial charge in [-0.15, -0.1) is 0 Å². The summed E-state index contributed by atoms with van der Waals surface area (Å²) < 4.78 is 0. The topological polar surface area (TPSA) is 57.3 Å². The first-order chi connectivity index (χ1) is 9.83. The molecule has 0 aromatic carbocycles. The average Bonchev–Trinajstić information content (AvgIpc) is 3.17. The Kier molecular flexibility index (Phi) is 4.16. The first-order valence-corrected chi connectivity index (χ1v) is 7.51. The van der Waals surface area contributed by atoms with E-state index in [2.05, 4.69) is 26.6 Å². The summed E-state index contributed by atoms with van der Waals surface area (Å²) in [6.07, 6.45) is 5.28. The number of carbonyl (C=O) groups excluding carboxylic acids is 1. The smallest absolute Gasteiger partial charge is 0.224 e. The molecule has 2 saturated heterocycles. The number of hydrogen-bond acceptors (Lipinski definition) is 4. The molecule has 2 N–H and O–H groups in total. The van der Waals surface area contributed by atoms with Crippen LogP contribution in [0.1, 0.15) is 24.8 Å². The second-order valence-corrected chi connectivity index (χ2v) is 5.62. The Morgan fingerprint density at radius 3 is 3.05 bits per heavy atom. The van der Waals surface area contributed by atoms with Gasteiger partial charge in [0, 0.05) is 32.4 Å². The fourth-order valence-corrected chi connectivity index (χ4v) is 2.90. The standard InChI is InChI=1S/C15H22N4O/c20-15(13-4-5-16-11-13)18-10-12-3-6-17-14(9-12)19-7-1-2-8-19/h3,6,9,13,16H,1-2,4-5,7-8,10-11H2,(H,18,20). The van der Waals surface area contributed by atoms with Crippen molar-refractivity contribution in [3.05, 3.63) is 23.9 Å². The number of amides is 1. The van der Waals surface area contributed by atoms with Crippen LogP contribution in [0.25, 0.3) is 0 Å². The minimum Gasteiger partial charge on any atom is -0.357 e. The Morgan fingerprint density at radius 2 is 2.30 bits per heavy atom. The molecule has 0 spiro atoms. The molecule has 5 nitrogen and oxygen atoms in total. The van der Waals surface area contributed by atoms with Crippen LogP contribution in [0, 0.1) is 5.92 Å². The molecule has 1 aromatic heterocycles. The number of hydrogen-bond donors (Lipinski definition) is 2. The van der Waals surface area contributed by atoms with Gasteiger partial charge in [-0.1, -0.05) is 0 Å². The molecule has 3 rings (SSSR count). The molecule has 2 aliphatic rings. The number of pyridine rings is 1. The monoisotopic (exact) mass is 274 g/mol. The number of carbonyl (C=O) groups is 1. The third-order valence-electron chi connectivity index (χ3n) is 4.14. The number of aromatic nitrogens is 1. The largest absolute Gasteiger partial charge is 0.357 e. The first-order valence-electron chi connectivity index (χ1n) is 7.51. The van der Waals surface area contributed by atoms with E-state index >= 15 is 0 Å². The minimum absolute atomic E-state index is 0.134. The summed E-state index contributed by atoms with van der Waals surface area (Å²) in [6, 6.07) is 4.07. The third kappa shape index (κ3) is 3.10. The van der Waals surface area contributed by atoms with Gasteiger partial charge in [-0.2, -0.15) is 0 Å². The summed E-state index contributed by atoms with van der Waals surface area (Å²) in [4.78, 5) is 18.7. The van der Waals surface area contributed by atoms with Gasteiger partial charge in [-0.3, -0.25) is 4.79 Å². The van der Waals surface area contributed by atoms with Gasteiger partial charge >= 0.3 is 0 Å². The zero-order valence-electron chi connectivity index (χ0n) is 11.8. The van der Waals surface area contributed by atoms with E-state index in [4.69, 9.17) is 0 Å². The van der Waals surface area contributed by atoms with Crippen LogP contribution in [-0.2, 0) is 11.3 Å². The molecule has 2 aliphatic heterocycles. The van der Waals surface area contributed by atoms with E-state index in [1.165, 1.54) is 12.8 Å². The third-order valence-corrected chi connectivity index (χ3v) is 4.14. The summed E-state index contributed by atoms with van der Waals surface area (Å²) in [5.74, 6) is 1.33. The Labute approximate surface area is 119 Å². The second-order valence-electron chi connectivity index (χ2n) is 5.62. The summed E-state index contributed by atoms with van der Waals surface area (Å²) in [7, 11) is 0. The molecule has 1 atom stereocenters. The number of nitrogens with one attached hydrogen (secondary N) is 2. The van der Waals surface area contributed by atoms with E-state index < -0.39 is 0 Å². The second kappa shape index (κ2) is 6.22. The molecule has 0 radical (unpaired) electrons. The van der Waals surface area contributed by atoms with E-state index in [0.717, 1.165) is 44.0 Å². The van der Waals surface area contributed by atoms with Gasteiger partial charge in [0.1, 0.15) is 5.82 Å². The summed E-state index contributed by atoms with van der Waals surface area (Å²) >= 11 is 0. The van der Waals surface area contributed by atoms with Crippen molar-refractivity contribution in [1.29, 1.82) is 0 Å². The summed E-state index contributed by atoms with van der Waals surface area (Å²) in [5.41, 5.74) is 1.13. The summed E-state index contributed by atoms with van der Waals surface area (Å²) in [5, 5.41) is 6.25. The fourth-order valence-electron chi connectivity index (χ4n) is 2.90. The van der Waals surface area contributed by atoms with E-state index in [-0.39, 0.29) is 11.8 Å². The molecule has 20 heavy (non-hydrogen) atoms. The van der Waals surface area contributed by atoms with Gasteiger partial charge in [0.05, 0.1) is 5.92 Å². The zero-order valence-corrected chi connectivity index (χ0v) is 11.8. The lowest BCUT2D eigenvalue weighted by atomic mass is 10.1. The van der Waals surface area contributed by atoms with Crippen molar-refractivity contribution in [3.8, 4) is 0 Å². The molecule has 2 fully saturated rings. The van der Waals surface area contributed by atoms with Crippen LogP contribution in [0.5, 0.6) is 0 Å². The lowest BCUT2D eigenvalue weighted by molar-refractivity contribution is -0.124. The number of anilines is 1. The predicted molar refractivity (Wildman–Crippen MR) is 78.5 cm³/mol. The maximum atomic E-state index is 12.0. The van der Waals surface area contributed by atoms with Gasteiger partial charge in [0.2, 0.25) is 5.91 Å². The van der Waals surface area contributed by atoms with Crippen molar-refractivity contribution in [2.45, 2.75) is 25.8 Å². The highest BCUT2D eigenvalue weighted by Crippen LogP contribution is 2.18. The quantitative estimate of drug-likeness (QED) is 0.857. The summed E-state index contributed by atoms with van der Waals surface area (Å²) in [6.45, 7) is 4.54. The molecular weight excluding hydrogens is 252 g/mol. The van der Waals surface area contributed by atoms with Crippen molar-refractivity contribution in [3.63, 3.8) is 0 Å². The van der Waals surface area contributed by atoms with Gasteiger partial charge in [-0.25, -0.2) is 4.98 Å². The molecule has 3 heterocycles. The van der Waals surface area contributed by atoms with Crippen LogP contribution in [0.3, 0.4) is 0 Å². The Bertz CT molecular complexity index is 465. The van der Waals surface area contributed by atoms with Gasteiger partial charge in [-0.05, 0) is 43.5 Å². The van der Waals surface area contributed by atoms with Crippen LogP contribution in [0.2, 0.25) is 0 Å². The molecule has 1 amide bonds. The van der Waals surface area contributed by atoms with Crippen LogP contribution in [0.4, 0.5) is 5.82 Å². The highest BCUT2D eigenvalue weighted by Gasteiger charge is 2.22. The van der Waals surface area contributed by atoms with Crippen LogP contribution < -0.4 is 15.5 Å². The van der Waals surface area contributed by atoms with Gasteiger partial charge in [0.15, 0.2) is 0 Å². The van der Waals surface area contributed by atoms with Crippen LogP contribution in [-0.4, -0.2) is 37.1 Å². The molecule has 1 aromatic rings. The molecule has 1 unspecified atom stereocenters. The lowest BCUT2D eigenvalue weighted by Gasteiger charge is -2.17. The first kappa shape index (κ1) is 13.4. The molecule has 5 heteroatoms. The van der Waals surface area contributed by atoms with E-state index in [1.807, 2.05) is 12.3 Å². The highest BCUT2D eigenvalue weighted by molar-refractivity contribution is 5.79. The maximum absolute atomic E-state index is 12.0. The Morgan fingerprint density at radius 1 is 1.45 bits per heavy atom. The van der Waals surface area contributed by atoms with Crippen molar-refractivity contribution >= 4 is 11.7 Å². The molecule has 0 saturated carbocycles. The van der Waals surface area contributed by atoms with Crippen molar-refractivity contribution in [2.24, 2.45) is 5.92 Å². The lowest BCUT2D eigenvalue weighted by Crippen LogP contribution is -2.31. The fraction of sp³-hybridized carbons (Fsp3) is 0.600. The predicted octanol–water partition coefficient (Wildman–Crippen LogP) is 0.907. The van der Waals surface area contributed by atoms with E-state index in [1.54, 1.807) is 0 Å². The van der Waals surface area contributed by atoms with E-state index in [0.29, 0.717) is 6.54 Å². The van der Waals surface area contributed by atoms with Crippen molar-refractivity contribution in [1.82, 2.24) is 15.6 Å². The minimum atomic E-state index is 0.134.